The van der Waals surface area contributed by atoms with E-state index in [-0.39, 0.29) is 5.41 Å². The Morgan fingerprint density at radius 1 is 1.33 bits per heavy atom. The first-order valence-electron chi connectivity index (χ1n) is 7.24. The summed E-state index contributed by atoms with van der Waals surface area (Å²) in [5.41, 5.74) is 10.1. The maximum absolute atomic E-state index is 11.7. The van der Waals surface area contributed by atoms with Crippen molar-refractivity contribution in [2.75, 3.05) is 6.54 Å². The van der Waals surface area contributed by atoms with Crippen LogP contribution in [0, 0.1) is 6.92 Å². The van der Waals surface area contributed by atoms with Crippen LogP contribution < -0.4 is 5.73 Å². The Morgan fingerprint density at radius 2 is 1.95 bits per heavy atom. The zero-order valence-electron chi connectivity index (χ0n) is 13.4. The molecule has 0 unspecified atom stereocenters. The summed E-state index contributed by atoms with van der Waals surface area (Å²) in [6, 6.07) is 3.93. The summed E-state index contributed by atoms with van der Waals surface area (Å²) in [4.78, 5) is 11.7. The largest absolute Gasteiger partial charge is 0.478 e. The van der Waals surface area contributed by atoms with E-state index in [9.17, 15) is 9.90 Å². The molecule has 4 nitrogen and oxygen atoms in total. The summed E-state index contributed by atoms with van der Waals surface area (Å²) in [5, 5.41) is 10.6. The van der Waals surface area contributed by atoms with Gasteiger partial charge in [-0.25, -0.2) is 4.79 Å². The monoisotopic (exact) mass is 288 g/mol. The minimum absolute atomic E-state index is 0.0951. The fourth-order valence-electron chi connectivity index (χ4n) is 2.85. The predicted octanol–water partition coefficient (Wildman–Crippen LogP) is 2.98. The van der Waals surface area contributed by atoms with E-state index in [4.69, 9.17) is 5.73 Å². The number of nitrogens with zero attached hydrogens (tertiary/aromatic N) is 1. The van der Waals surface area contributed by atoms with Gasteiger partial charge in [0.15, 0.2) is 0 Å². The van der Waals surface area contributed by atoms with Gasteiger partial charge in [-0.05, 0) is 48.6 Å². The molecule has 1 aromatic carbocycles. The molecule has 2 rings (SSSR count). The molecule has 0 saturated heterocycles. The first-order chi connectivity index (χ1) is 9.68. The minimum atomic E-state index is -0.883. The molecule has 0 amide bonds. The molecule has 0 atom stereocenters. The minimum Gasteiger partial charge on any atom is -0.478 e. The summed E-state index contributed by atoms with van der Waals surface area (Å²) < 4.78 is 1.97. The van der Waals surface area contributed by atoms with E-state index in [1.54, 1.807) is 6.07 Å². The Bertz CT molecular complexity index is 706. The summed E-state index contributed by atoms with van der Waals surface area (Å²) >= 11 is 0. The summed E-state index contributed by atoms with van der Waals surface area (Å²) in [7, 11) is 1.92. The van der Waals surface area contributed by atoms with Crippen molar-refractivity contribution in [2.24, 2.45) is 12.8 Å². The standard InChI is InChI=1S/C17H24N2O2/c1-10-12(6-7-18)13-8-11(17(2,3)4)9-14(16(20)21)15(13)19(10)5/h8-9H,6-7,18H2,1-5H3,(H,20,21). The number of carboxylic acids is 1. The number of nitrogens with two attached hydrogens (primary N) is 1. The molecular weight excluding hydrogens is 264 g/mol. The van der Waals surface area contributed by atoms with Crippen LogP contribution >= 0.6 is 0 Å². The van der Waals surface area contributed by atoms with E-state index >= 15 is 0 Å². The fraction of sp³-hybridized carbons (Fsp3) is 0.471. The number of fused-ring (bicyclic) bond motifs is 1. The maximum atomic E-state index is 11.7. The molecule has 4 heteroatoms. The number of carbonyl (C=O) groups is 1. The van der Waals surface area contributed by atoms with Gasteiger partial charge in [0, 0.05) is 18.1 Å². The SMILES string of the molecule is Cc1c(CCN)c2cc(C(C)(C)C)cc(C(=O)O)c2n1C. The molecule has 114 valence electrons. The zero-order valence-corrected chi connectivity index (χ0v) is 13.4. The Kier molecular flexibility index (Phi) is 3.85. The highest BCUT2D eigenvalue weighted by Crippen LogP contribution is 2.33. The van der Waals surface area contributed by atoms with E-state index in [0.717, 1.165) is 34.1 Å². The molecule has 2 aromatic rings. The Morgan fingerprint density at radius 3 is 2.43 bits per heavy atom. The topological polar surface area (TPSA) is 68.2 Å². The van der Waals surface area contributed by atoms with Gasteiger partial charge < -0.3 is 15.4 Å². The highest BCUT2D eigenvalue weighted by atomic mass is 16.4. The molecular formula is C17H24N2O2. The molecule has 0 spiro atoms. The van der Waals surface area contributed by atoms with Crippen molar-refractivity contribution in [2.45, 2.75) is 39.5 Å². The number of hydrogen-bond acceptors (Lipinski definition) is 2. The van der Waals surface area contributed by atoms with Gasteiger partial charge in [0.25, 0.3) is 0 Å². The van der Waals surface area contributed by atoms with E-state index < -0.39 is 5.97 Å². The third kappa shape index (κ3) is 2.56. The van der Waals surface area contributed by atoms with Crippen LogP contribution in [0.4, 0.5) is 0 Å². The summed E-state index contributed by atoms with van der Waals surface area (Å²) in [6.45, 7) is 8.87. The lowest BCUT2D eigenvalue weighted by molar-refractivity contribution is 0.0698. The molecule has 1 heterocycles. The Balaban J connectivity index is 2.93. The molecule has 0 fully saturated rings. The van der Waals surface area contributed by atoms with Crippen LogP contribution in [0.3, 0.4) is 0 Å². The lowest BCUT2D eigenvalue weighted by atomic mass is 9.84. The molecule has 0 bridgehead atoms. The van der Waals surface area contributed by atoms with Crippen molar-refractivity contribution in [3.63, 3.8) is 0 Å². The second-order valence-electron chi connectivity index (χ2n) is 6.64. The number of aromatic nitrogens is 1. The average molecular weight is 288 g/mol. The first kappa shape index (κ1) is 15.6. The molecule has 0 radical (unpaired) electrons. The fourth-order valence-corrected chi connectivity index (χ4v) is 2.85. The lowest BCUT2D eigenvalue weighted by Crippen LogP contribution is -2.13. The van der Waals surface area contributed by atoms with Crippen LogP contribution in [-0.4, -0.2) is 22.2 Å². The van der Waals surface area contributed by atoms with Crippen LogP contribution in [0.2, 0.25) is 0 Å². The van der Waals surface area contributed by atoms with Gasteiger partial charge >= 0.3 is 5.97 Å². The number of carboxylic acid groups (broad SMARTS) is 1. The first-order valence-corrected chi connectivity index (χ1v) is 7.24. The van der Waals surface area contributed by atoms with Gasteiger partial charge in [-0.1, -0.05) is 20.8 Å². The molecule has 3 N–H and O–H groups in total. The third-order valence-electron chi connectivity index (χ3n) is 4.20. The van der Waals surface area contributed by atoms with Crippen molar-refractivity contribution in [1.29, 1.82) is 0 Å². The lowest BCUT2D eigenvalue weighted by Gasteiger charge is -2.20. The average Bonchev–Trinajstić information content (AvgIpc) is 2.62. The Labute approximate surface area is 125 Å². The maximum Gasteiger partial charge on any atom is 0.337 e. The molecule has 0 aliphatic carbocycles. The molecule has 0 saturated carbocycles. The van der Waals surface area contributed by atoms with Gasteiger partial charge in [0.2, 0.25) is 0 Å². The highest BCUT2D eigenvalue weighted by molar-refractivity contribution is 6.04. The van der Waals surface area contributed by atoms with E-state index in [2.05, 4.69) is 26.8 Å². The quantitative estimate of drug-likeness (QED) is 0.912. The van der Waals surface area contributed by atoms with Crippen LogP contribution in [-0.2, 0) is 18.9 Å². The van der Waals surface area contributed by atoms with Crippen LogP contribution in [0.5, 0.6) is 0 Å². The van der Waals surface area contributed by atoms with Crippen molar-refractivity contribution in [1.82, 2.24) is 4.57 Å². The predicted molar refractivity (Wildman–Crippen MR) is 86.1 cm³/mol. The van der Waals surface area contributed by atoms with Gasteiger partial charge in [0.05, 0.1) is 11.1 Å². The van der Waals surface area contributed by atoms with E-state index in [1.807, 2.05) is 18.5 Å². The van der Waals surface area contributed by atoms with Crippen LogP contribution in [0.15, 0.2) is 12.1 Å². The summed E-state index contributed by atoms with van der Waals surface area (Å²) in [6.07, 6.45) is 0.760. The van der Waals surface area contributed by atoms with Crippen molar-refractivity contribution in [3.8, 4) is 0 Å². The molecule has 21 heavy (non-hydrogen) atoms. The molecule has 0 aliphatic rings. The molecule has 0 aliphatic heterocycles. The van der Waals surface area contributed by atoms with Gasteiger partial charge in [-0.2, -0.15) is 0 Å². The van der Waals surface area contributed by atoms with Crippen molar-refractivity contribution >= 4 is 16.9 Å². The smallest absolute Gasteiger partial charge is 0.337 e. The number of hydrogen-bond donors (Lipinski definition) is 2. The normalized spacial score (nSPS) is 12.1. The van der Waals surface area contributed by atoms with Crippen LogP contribution in [0.25, 0.3) is 10.9 Å². The molecule has 1 aromatic heterocycles. The van der Waals surface area contributed by atoms with Gasteiger partial charge in [-0.15, -0.1) is 0 Å². The number of aryl methyl sites for hydroxylation is 1. The third-order valence-corrected chi connectivity index (χ3v) is 4.20. The zero-order chi connectivity index (χ0) is 15.9. The van der Waals surface area contributed by atoms with Crippen molar-refractivity contribution in [3.05, 3.63) is 34.5 Å². The number of benzene rings is 1. The summed E-state index contributed by atoms with van der Waals surface area (Å²) in [5.74, 6) is -0.883. The second-order valence-corrected chi connectivity index (χ2v) is 6.64. The van der Waals surface area contributed by atoms with Crippen LogP contribution in [0.1, 0.15) is 48.0 Å². The number of aromatic carboxylic acids is 1. The number of rotatable bonds is 3. The van der Waals surface area contributed by atoms with Gasteiger partial charge in [-0.3, -0.25) is 0 Å². The Hall–Kier alpha value is -1.81. The van der Waals surface area contributed by atoms with E-state index in [1.165, 1.54) is 0 Å². The van der Waals surface area contributed by atoms with E-state index in [0.29, 0.717) is 12.1 Å². The second kappa shape index (κ2) is 5.19. The van der Waals surface area contributed by atoms with Gasteiger partial charge in [0.1, 0.15) is 0 Å². The highest BCUT2D eigenvalue weighted by Gasteiger charge is 2.23. The van der Waals surface area contributed by atoms with Crippen molar-refractivity contribution < 1.29 is 9.90 Å².